The second-order valence-corrected chi connectivity index (χ2v) is 6.37. The van der Waals surface area contributed by atoms with Crippen molar-refractivity contribution in [3.8, 4) is 0 Å². The number of carbonyl (C=O) groups excluding carboxylic acids is 2. The summed E-state index contributed by atoms with van der Waals surface area (Å²) in [6, 6.07) is 5.97. The minimum Gasteiger partial charge on any atom is -0.349 e. The SMILES string of the molecule is CCCN1C(=O)Cc2cc(C(=O)NC3CCCCC3)ccc21. The van der Waals surface area contributed by atoms with Crippen molar-refractivity contribution in [1.82, 2.24) is 5.32 Å². The van der Waals surface area contributed by atoms with E-state index in [0.717, 1.165) is 37.1 Å². The van der Waals surface area contributed by atoms with Gasteiger partial charge in [-0.2, -0.15) is 0 Å². The summed E-state index contributed by atoms with van der Waals surface area (Å²) in [6.45, 7) is 2.82. The summed E-state index contributed by atoms with van der Waals surface area (Å²) >= 11 is 0. The van der Waals surface area contributed by atoms with Crippen molar-refractivity contribution in [2.24, 2.45) is 0 Å². The first-order chi connectivity index (χ1) is 10.7. The van der Waals surface area contributed by atoms with Crippen molar-refractivity contribution in [2.45, 2.75) is 57.9 Å². The summed E-state index contributed by atoms with van der Waals surface area (Å²) in [5.74, 6) is 0.137. The fourth-order valence-corrected chi connectivity index (χ4v) is 3.51. The van der Waals surface area contributed by atoms with Crippen molar-refractivity contribution in [2.75, 3.05) is 11.4 Å². The fraction of sp³-hybridized carbons (Fsp3) is 0.556. The highest BCUT2D eigenvalue weighted by atomic mass is 16.2. The van der Waals surface area contributed by atoms with Gasteiger partial charge in [-0.25, -0.2) is 0 Å². The van der Waals surface area contributed by atoms with Crippen LogP contribution in [0.3, 0.4) is 0 Å². The topological polar surface area (TPSA) is 49.4 Å². The van der Waals surface area contributed by atoms with E-state index >= 15 is 0 Å². The predicted octanol–water partition coefficient (Wildman–Crippen LogP) is 3.05. The molecule has 2 aliphatic rings. The van der Waals surface area contributed by atoms with Crippen molar-refractivity contribution in [1.29, 1.82) is 0 Å². The van der Waals surface area contributed by atoms with Crippen LogP contribution in [0.4, 0.5) is 5.69 Å². The van der Waals surface area contributed by atoms with E-state index in [1.807, 2.05) is 23.1 Å². The molecule has 0 aromatic heterocycles. The molecule has 4 heteroatoms. The molecule has 0 saturated heterocycles. The highest BCUT2D eigenvalue weighted by Crippen LogP contribution is 2.30. The lowest BCUT2D eigenvalue weighted by Crippen LogP contribution is -2.36. The predicted molar refractivity (Wildman–Crippen MR) is 87.1 cm³/mol. The van der Waals surface area contributed by atoms with Crippen LogP contribution in [-0.2, 0) is 11.2 Å². The molecule has 0 radical (unpaired) electrons. The smallest absolute Gasteiger partial charge is 0.251 e. The lowest BCUT2D eigenvalue weighted by atomic mass is 9.95. The zero-order valence-corrected chi connectivity index (χ0v) is 13.2. The Morgan fingerprint density at radius 3 is 2.77 bits per heavy atom. The Morgan fingerprint density at radius 2 is 2.05 bits per heavy atom. The molecule has 1 aromatic rings. The third kappa shape index (κ3) is 3.01. The number of rotatable bonds is 4. The monoisotopic (exact) mass is 300 g/mol. The van der Waals surface area contributed by atoms with Gasteiger partial charge in [0.25, 0.3) is 5.91 Å². The molecule has 0 spiro atoms. The Morgan fingerprint density at radius 1 is 1.27 bits per heavy atom. The second-order valence-electron chi connectivity index (χ2n) is 6.37. The molecule has 4 nitrogen and oxygen atoms in total. The number of amides is 2. The van der Waals surface area contributed by atoms with E-state index in [4.69, 9.17) is 0 Å². The van der Waals surface area contributed by atoms with Crippen LogP contribution >= 0.6 is 0 Å². The summed E-state index contributed by atoms with van der Waals surface area (Å²) in [7, 11) is 0. The van der Waals surface area contributed by atoms with Gasteiger partial charge in [0, 0.05) is 23.8 Å². The van der Waals surface area contributed by atoms with Gasteiger partial charge in [0.1, 0.15) is 0 Å². The molecule has 0 bridgehead atoms. The number of nitrogens with one attached hydrogen (secondary N) is 1. The van der Waals surface area contributed by atoms with Gasteiger partial charge in [0.15, 0.2) is 0 Å². The van der Waals surface area contributed by atoms with Gasteiger partial charge in [-0.05, 0) is 43.0 Å². The summed E-state index contributed by atoms with van der Waals surface area (Å²) in [5.41, 5.74) is 2.63. The summed E-state index contributed by atoms with van der Waals surface area (Å²) in [4.78, 5) is 26.3. The van der Waals surface area contributed by atoms with Crippen LogP contribution in [-0.4, -0.2) is 24.4 Å². The Kier molecular flexibility index (Phi) is 4.46. The van der Waals surface area contributed by atoms with Crippen LogP contribution in [0.25, 0.3) is 0 Å². The molecule has 3 rings (SSSR count). The van der Waals surface area contributed by atoms with Crippen molar-refractivity contribution >= 4 is 17.5 Å². The van der Waals surface area contributed by atoms with E-state index in [2.05, 4.69) is 12.2 Å². The number of carbonyl (C=O) groups is 2. The van der Waals surface area contributed by atoms with E-state index < -0.39 is 0 Å². The van der Waals surface area contributed by atoms with Crippen LogP contribution in [0, 0.1) is 0 Å². The Bertz CT molecular complexity index is 576. The average Bonchev–Trinajstić information content (AvgIpc) is 2.84. The first-order valence-corrected chi connectivity index (χ1v) is 8.43. The van der Waals surface area contributed by atoms with Crippen molar-refractivity contribution in [3.05, 3.63) is 29.3 Å². The highest BCUT2D eigenvalue weighted by Gasteiger charge is 2.27. The van der Waals surface area contributed by atoms with Crippen molar-refractivity contribution in [3.63, 3.8) is 0 Å². The Labute approximate surface area is 131 Å². The number of benzene rings is 1. The van der Waals surface area contributed by atoms with E-state index in [1.165, 1.54) is 19.3 Å². The minimum atomic E-state index is -0.00362. The molecule has 1 aliphatic heterocycles. The van der Waals surface area contributed by atoms with Crippen LogP contribution in [0.15, 0.2) is 18.2 Å². The summed E-state index contributed by atoms with van der Waals surface area (Å²) in [6.07, 6.45) is 7.21. The maximum Gasteiger partial charge on any atom is 0.251 e. The Hall–Kier alpha value is -1.84. The largest absolute Gasteiger partial charge is 0.349 e. The van der Waals surface area contributed by atoms with Crippen molar-refractivity contribution < 1.29 is 9.59 Å². The van der Waals surface area contributed by atoms with E-state index in [9.17, 15) is 9.59 Å². The molecule has 1 fully saturated rings. The van der Waals surface area contributed by atoms with Crippen LogP contribution < -0.4 is 10.2 Å². The van der Waals surface area contributed by atoms with Gasteiger partial charge in [-0.15, -0.1) is 0 Å². The Balaban J connectivity index is 1.72. The molecule has 118 valence electrons. The molecular formula is C18H24N2O2. The molecule has 0 atom stereocenters. The molecule has 2 amide bonds. The zero-order chi connectivity index (χ0) is 15.5. The van der Waals surface area contributed by atoms with Gasteiger partial charge in [0.05, 0.1) is 6.42 Å². The molecular weight excluding hydrogens is 276 g/mol. The molecule has 1 aliphatic carbocycles. The number of fused-ring (bicyclic) bond motifs is 1. The second kappa shape index (κ2) is 6.51. The highest BCUT2D eigenvalue weighted by molar-refractivity contribution is 6.03. The maximum absolute atomic E-state index is 12.4. The lowest BCUT2D eigenvalue weighted by molar-refractivity contribution is -0.117. The molecule has 1 N–H and O–H groups in total. The summed E-state index contributed by atoms with van der Waals surface area (Å²) in [5, 5.41) is 3.14. The standard InChI is InChI=1S/C18H24N2O2/c1-2-10-20-16-9-8-13(11-14(16)12-17(20)21)18(22)19-15-6-4-3-5-7-15/h8-9,11,15H,2-7,10,12H2,1H3,(H,19,22). The number of anilines is 1. The maximum atomic E-state index is 12.4. The van der Waals surface area contributed by atoms with Crippen LogP contribution in [0.1, 0.15) is 61.4 Å². The minimum absolute atomic E-state index is 0.00362. The fourth-order valence-electron chi connectivity index (χ4n) is 3.51. The lowest BCUT2D eigenvalue weighted by Gasteiger charge is -2.23. The van der Waals surface area contributed by atoms with Crippen LogP contribution in [0.2, 0.25) is 0 Å². The number of hydrogen-bond acceptors (Lipinski definition) is 2. The first kappa shape index (κ1) is 15.1. The summed E-state index contributed by atoms with van der Waals surface area (Å²) < 4.78 is 0. The number of nitrogens with zero attached hydrogens (tertiary/aromatic N) is 1. The van der Waals surface area contributed by atoms with E-state index in [0.29, 0.717) is 18.0 Å². The van der Waals surface area contributed by atoms with E-state index in [1.54, 1.807) is 0 Å². The van der Waals surface area contributed by atoms with Gasteiger partial charge < -0.3 is 10.2 Å². The third-order valence-electron chi connectivity index (χ3n) is 4.66. The molecule has 1 saturated carbocycles. The average molecular weight is 300 g/mol. The molecule has 22 heavy (non-hydrogen) atoms. The van der Waals surface area contributed by atoms with E-state index in [-0.39, 0.29) is 11.8 Å². The first-order valence-electron chi connectivity index (χ1n) is 8.43. The molecule has 0 unspecified atom stereocenters. The van der Waals surface area contributed by atoms with Gasteiger partial charge >= 0.3 is 0 Å². The van der Waals surface area contributed by atoms with Gasteiger partial charge in [-0.3, -0.25) is 9.59 Å². The number of hydrogen-bond donors (Lipinski definition) is 1. The van der Waals surface area contributed by atoms with Gasteiger partial charge in [0.2, 0.25) is 5.91 Å². The quantitative estimate of drug-likeness (QED) is 0.929. The normalized spacial score (nSPS) is 18.4. The molecule has 1 aromatic carbocycles. The molecule has 1 heterocycles. The third-order valence-corrected chi connectivity index (χ3v) is 4.66. The van der Waals surface area contributed by atoms with Crippen LogP contribution in [0.5, 0.6) is 0 Å². The zero-order valence-electron chi connectivity index (χ0n) is 13.2. The van der Waals surface area contributed by atoms with Gasteiger partial charge in [-0.1, -0.05) is 26.2 Å².